The van der Waals surface area contributed by atoms with Crippen LogP contribution in [0.3, 0.4) is 0 Å². The number of amides is 2. The van der Waals surface area contributed by atoms with Gasteiger partial charge in [-0.1, -0.05) is 29.8 Å². The van der Waals surface area contributed by atoms with Crippen molar-refractivity contribution in [3.05, 3.63) is 65.0 Å². The molecule has 2 aromatic rings. The van der Waals surface area contributed by atoms with Gasteiger partial charge in [0.2, 0.25) is 0 Å². The molecule has 1 heterocycles. The molecular formula is C19H21FN2OS. The lowest BCUT2D eigenvalue weighted by molar-refractivity contribution is 0.236. The highest BCUT2D eigenvalue weighted by Crippen LogP contribution is 2.36. The van der Waals surface area contributed by atoms with Crippen LogP contribution >= 0.6 is 11.8 Å². The van der Waals surface area contributed by atoms with Crippen LogP contribution in [-0.4, -0.2) is 18.3 Å². The second-order valence-electron chi connectivity index (χ2n) is 6.01. The predicted octanol–water partition coefficient (Wildman–Crippen LogP) is 4.21. The van der Waals surface area contributed by atoms with Gasteiger partial charge in [0.15, 0.2) is 0 Å². The average molecular weight is 344 g/mol. The molecule has 2 amide bonds. The van der Waals surface area contributed by atoms with Gasteiger partial charge >= 0.3 is 6.03 Å². The van der Waals surface area contributed by atoms with E-state index in [0.29, 0.717) is 6.54 Å². The Morgan fingerprint density at radius 3 is 3.00 bits per heavy atom. The molecule has 0 fully saturated rings. The molecule has 0 aliphatic carbocycles. The van der Waals surface area contributed by atoms with Gasteiger partial charge in [0.05, 0.1) is 6.04 Å². The van der Waals surface area contributed by atoms with Gasteiger partial charge in [-0.05, 0) is 49.1 Å². The monoisotopic (exact) mass is 344 g/mol. The van der Waals surface area contributed by atoms with Crippen LogP contribution in [0.2, 0.25) is 0 Å². The van der Waals surface area contributed by atoms with E-state index in [2.05, 4.69) is 35.8 Å². The van der Waals surface area contributed by atoms with Crippen molar-refractivity contribution in [3.63, 3.8) is 0 Å². The molecule has 2 aromatic carbocycles. The first kappa shape index (κ1) is 16.8. The highest BCUT2D eigenvalue weighted by molar-refractivity contribution is 7.99. The number of benzene rings is 2. The number of nitrogens with one attached hydrogen (secondary N) is 2. The molecule has 0 bridgehead atoms. The highest BCUT2D eigenvalue weighted by Gasteiger charge is 2.22. The molecule has 0 radical (unpaired) electrons. The molecule has 126 valence electrons. The van der Waals surface area contributed by atoms with E-state index in [1.807, 2.05) is 6.07 Å². The molecule has 1 atom stereocenters. The van der Waals surface area contributed by atoms with E-state index in [0.717, 1.165) is 29.1 Å². The summed E-state index contributed by atoms with van der Waals surface area (Å²) in [5, 5.41) is 5.86. The van der Waals surface area contributed by atoms with Crippen molar-refractivity contribution < 1.29 is 9.18 Å². The number of aryl methyl sites for hydroxylation is 1. The van der Waals surface area contributed by atoms with Gasteiger partial charge in [-0.2, -0.15) is 0 Å². The smallest absolute Gasteiger partial charge is 0.315 e. The van der Waals surface area contributed by atoms with Crippen molar-refractivity contribution in [2.24, 2.45) is 0 Å². The Labute approximate surface area is 146 Å². The number of fused-ring (bicyclic) bond motifs is 1. The summed E-state index contributed by atoms with van der Waals surface area (Å²) in [6.45, 7) is 2.63. The van der Waals surface area contributed by atoms with Crippen LogP contribution < -0.4 is 10.6 Å². The van der Waals surface area contributed by atoms with E-state index in [9.17, 15) is 9.18 Å². The predicted molar refractivity (Wildman–Crippen MR) is 95.9 cm³/mol. The largest absolute Gasteiger partial charge is 0.338 e. The van der Waals surface area contributed by atoms with E-state index in [-0.39, 0.29) is 17.9 Å². The number of halogens is 1. The van der Waals surface area contributed by atoms with Crippen molar-refractivity contribution in [1.82, 2.24) is 10.6 Å². The van der Waals surface area contributed by atoms with Gasteiger partial charge < -0.3 is 10.6 Å². The molecular weight excluding hydrogens is 323 g/mol. The summed E-state index contributed by atoms with van der Waals surface area (Å²) in [7, 11) is 0. The Morgan fingerprint density at radius 1 is 1.29 bits per heavy atom. The number of rotatable bonds is 4. The summed E-state index contributed by atoms with van der Waals surface area (Å²) in [5.41, 5.74) is 3.30. The summed E-state index contributed by atoms with van der Waals surface area (Å²) < 4.78 is 13.5. The first-order valence-corrected chi connectivity index (χ1v) is 9.12. The maximum Gasteiger partial charge on any atom is 0.315 e. The zero-order valence-corrected chi connectivity index (χ0v) is 14.5. The van der Waals surface area contributed by atoms with Crippen LogP contribution in [0.4, 0.5) is 9.18 Å². The molecule has 1 unspecified atom stereocenters. The minimum absolute atomic E-state index is 0.129. The van der Waals surface area contributed by atoms with Gasteiger partial charge in [-0.3, -0.25) is 0 Å². The molecule has 1 aliphatic heterocycles. The highest BCUT2D eigenvalue weighted by atomic mass is 32.2. The van der Waals surface area contributed by atoms with Crippen molar-refractivity contribution in [3.8, 4) is 0 Å². The summed E-state index contributed by atoms with van der Waals surface area (Å²) in [4.78, 5) is 13.2. The number of hydrogen-bond acceptors (Lipinski definition) is 2. The first-order valence-electron chi connectivity index (χ1n) is 8.14. The van der Waals surface area contributed by atoms with Crippen molar-refractivity contribution >= 4 is 17.8 Å². The van der Waals surface area contributed by atoms with E-state index < -0.39 is 0 Å². The van der Waals surface area contributed by atoms with Gasteiger partial charge in [-0.25, -0.2) is 9.18 Å². The number of carbonyl (C=O) groups excluding carboxylic acids is 1. The Bertz CT molecular complexity index is 735. The lowest BCUT2D eigenvalue weighted by Gasteiger charge is -2.26. The second-order valence-corrected chi connectivity index (χ2v) is 7.15. The third kappa shape index (κ3) is 4.29. The molecule has 1 aliphatic rings. The summed E-state index contributed by atoms with van der Waals surface area (Å²) in [6.07, 6.45) is 1.60. The minimum Gasteiger partial charge on any atom is -0.338 e. The van der Waals surface area contributed by atoms with E-state index in [4.69, 9.17) is 0 Å². The number of hydrogen-bond donors (Lipinski definition) is 2. The molecule has 0 saturated heterocycles. The molecule has 0 aromatic heterocycles. The van der Waals surface area contributed by atoms with Gasteiger partial charge in [0, 0.05) is 17.2 Å². The quantitative estimate of drug-likeness (QED) is 0.872. The topological polar surface area (TPSA) is 41.1 Å². The minimum atomic E-state index is -0.261. The second kappa shape index (κ2) is 7.71. The normalized spacial score (nSPS) is 16.3. The van der Waals surface area contributed by atoms with Crippen LogP contribution in [0.25, 0.3) is 0 Å². The summed E-state index contributed by atoms with van der Waals surface area (Å²) >= 11 is 1.71. The van der Waals surface area contributed by atoms with Gasteiger partial charge in [0.25, 0.3) is 0 Å². The van der Waals surface area contributed by atoms with E-state index in [1.54, 1.807) is 17.8 Å². The Balaban J connectivity index is 1.53. The SMILES string of the molecule is Cc1cccc(CCNC(=O)NC2CCSc3ccc(F)cc32)c1. The third-order valence-electron chi connectivity index (χ3n) is 4.10. The fourth-order valence-electron chi connectivity index (χ4n) is 2.91. The lowest BCUT2D eigenvalue weighted by Crippen LogP contribution is -2.39. The number of urea groups is 1. The van der Waals surface area contributed by atoms with Crippen LogP contribution in [0, 0.1) is 12.7 Å². The van der Waals surface area contributed by atoms with E-state index >= 15 is 0 Å². The summed E-state index contributed by atoms with van der Waals surface area (Å²) in [6, 6.07) is 12.7. The van der Waals surface area contributed by atoms with Gasteiger partial charge in [0.1, 0.15) is 5.82 Å². The third-order valence-corrected chi connectivity index (χ3v) is 5.22. The fourth-order valence-corrected chi connectivity index (χ4v) is 4.02. The van der Waals surface area contributed by atoms with Crippen molar-refractivity contribution in [2.75, 3.05) is 12.3 Å². The zero-order chi connectivity index (χ0) is 16.9. The summed E-state index contributed by atoms with van der Waals surface area (Å²) in [5.74, 6) is 0.662. The first-order chi connectivity index (χ1) is 11.6. The van der Waals surface area contributed by atoms with Crippen LogP contribution in [-0.2, 0) is 6.42 Å². The Hall–Kier alpha value is -2.01. The average Bonchev–Trinajstić information content (AvgIpc) is 2.55. The molecule has 2 N–H and O–H groups in total. The molecule has 5 heteroatoms. The molecule has 3 nitrogen and oxygen atoms in total. The maximum atomic E-state index is 13.5. The molecule has 3 rings (SSSR count). The maximum absolute atomic E-state index is 13.5. The van der Waals surface area contributed by atoms with Crippen LogP contribution in [0.5, 0.6) is 0 Å². The van der Waals surface area contributed by atoms with E-state index in [1.165, 1.54) is 23.3 Å². The molecule has 24 heavy (non-hydrogen) atoms. The number of thioether (sulfide) groups is 1. The molecule has 0 saturated carbocycles. The zero-order valence-electron chi connectivity index (χ0n) is 13.6. The lowest BCUT2D eigenvalue weighted by atomic mass is 10.0. The van der Waals surface area contributed by atoms with Crippen molar-refractivity contribution in [2.45, 2.75) is 30.7 Å². The van der Waals surface area contributed by atoms with Crippen LogP contribution in [0.15, 0.2) is 47.4 Å². The Morgan fingerprint density at radius 2 is 2.17 bits per heavy atom. The standard InChI is InChI=1S/C19H21FN2OS/c1-13-3-2-4-14(11-13)7-9-21-19(23)22-17-8-10-24-18-6-5-15(20)12-16(17)18/h2-6,11-12,17H,7-10H2,1H3,(H2,21,22,23). The van der Waals surface area contributed by atoms with Gasteiger partial charge in [-0.15, -0.1) is 11.8 Å². The fraction of sp³-hybridized carbons (Fsp3) is 0.316. The van der Waals surface area contributed by atoms with Crippen molar-refractivity contribution in [1.29, 1.82) is 0 Å². The molecule has 0 spiro atoms. The Kier molecular flexibility index (Phi) is 5.41. The van der Waals surface area contributed by atoms with Crippen LogP contribution in [0.1, 0.15) is 29.2 Å². The number of carbonyl (C=O) groups is 1.